The summed E-state index contributed by atoms with van der Waals surface area (Å²) in [6.07, 6.45) is 0. The average Bonchev–Trinajstić information content (AvgIpc) is 2.68. The SMILES string of the molecule is O=C(O)C(=O)Nc1cc(Cl)c(Oc2ccc(O)c(Oc3ccccc3)c2)c(Cl)c1. The van der Waals surface area contributed by atoms with Crippen LogP contribution >= 0.6 is 23.2 Å². The molecule has 0 bridgehead atoms. The van der Waals surface area contributed by atoms with Gasteiger partial charge in [-0.25, -0.2) is 4.79 Å². The van der Waals surface area contributed by atoms with Gasteiger partial charge in [0.25, 0.3) is 0 Å². The number of halogens is 2. The van der Waals surface area contributed by atoms with Crippen LogP contribution in [0, 0.1) is 0 Å². The van der Waals surface area contributed by atoms with Gasteiger partial charge in [0.05, 0.1) is 10.0 Å². The molecule has 0 heterocycles. The number of amides is 1. The van der Waals surface area contributed by atoms with Crippen LogP contribution in [0.3, 0.4) is 0 Å². The number of phenols is 1. The van der Waals surface area contributed by atoms with Gasteiger partial charge in [-0.05, 0) is 36.4 Å². The van der Waals surface area contributed by atoms with Crippen LogP contribution in [0.4, 0.5) is 5.69 Å². The zero-order valence-corrected chi connectivity index (χ0v) is 16.1. The Labute approximate surface area is 175 Å². The molecule has 0 unspecified atom stereocenters. The second-order valence-electron chi connectivity index (χ2n) is 5.68. The van der Waals surface area contributed by atoms with Crippen molar-refractivity contribution >= 4 is 40.8 Å². The molecule has 7 nitrogen and oxygen atoms in total. The van der Waals surface area contributed by atoms with Gasteiger partial charge in [0.15, 0.2) is 17.2 Å². The summed E-state index contributed by atoms with van der Waals surface area (Å²) in [5, 5.41) is 20.9. The van der Waals surface area contributed by atoms with Crippen LogP contribution in [0.5, 0.6) is 28.7 Å². The van der Waals surface area contributed by atoms with Gasteiger partial charge in [0, 0.05) is 11.8 Å². The topological polar surface area (TPSA) is 105 Å². The maximum atomic E-state index is 11.3. The zero-order chi connectivity index (χ0) is 21.0. The number of carbonyl (C=O) groups is 2. The Morgan fingerprint density at radius 1 is 0.862 bits per heavy atom. The number of benzene rings is 3. The number of para-hydroxylation sites is 1. The van der Waals surface area contributed by atoms with Crippen molar-refractivity contribution in [2.24, 2.45) is 0 Å². The van der Waals surface area contributed by atoms with Crippen molar-refractivity contribution in [2.75, 3.05) is 5.32 Å². The highest BCUT2D eigenvalue weighted by Crippen LogP contribution is 2.41. The molecule has 3 N–H and O–H groups in total. The largest absolute Gasteiger partial charge is 0.504 e. The molecule has 0 aliphatic rings. The Morgan fingerprint density at radius 3 is 2.14 bits per heavy atom. The fourth-order valence-electron chi connectivity index (χ4n) is 2.29. The van der Waals surface area contributed by atoms with Crippen LogP contribution in [0.25, 0.3) is 0 Å². The molecule has 1 amide bonds. The van der Waals surface area contributed by atoms with Gasteiger partial charge >= 0.3 is 11.9 Å². The van der Waals surface area contributed by atoms with E-state index in [1.165, 1.54) is 30.3 Å². The molecule has 3 aromatic carbocycles. The molecule has 9 heteroatoms. The van der Waals surface area contributed by atoms with Gasteiger partial charge in [-0.15, -0.1) is 0 Å². The first kappa shape index (κ1) is 20.3. The Kier molecular flexibility index (Phi) is 6.11. The highest BCUT2D eigenvalue weighted by molar-refractivity contribution is 6.39. The number of aromatic hydroxyl groups is 1. The van der Waals surface area contributed by atoms with E-state index in [1.54, 1.807) is 24.3 Å². The minimum atomic E-state index is -1.65. The summed E-state index contributed by atoms with van der Waals surface area (Å²) >= 11 is 12.3. The van der Waals surface area contributed by atoms with E-state index in [4.69, 9.17) is 37.8 Å². The maximum absolute atomic E-state index is 11.3. The number of nitrogens with one attached hydrogen (secondary N) is 1. The first-order chi connectivity index (χ1) is 13.8. The van der Waals surface area contributed by atoms with Crippen molar-refractivity contribution < 1.29 is 29.3 Å². The van der Waals surface area contributed by atoms with Gasteiger partial charge < -0.3 is 25.0 Å². The third kappa shape index (κ3) is 5.10. The molecule has 29 heavy (non-hydrogen) atoms. The van der Waals surface area contributed by atoms with Gasteiger partial charge in [-0.3, -0.25) is 4.79 Å². The molecule has 0 atom stereocenters. The number of anilines is 1. The van der Waals surface area contributed by atoms with Gasteiger partial charge in [-0.1, -0.05) is 41.4 Å². The molecule has 3 rings (SSSR count). The van der Waals surface area contributed by atoms with E-state index in [0.29, 0.717) is 5.75 Å². The number of phenolic OH excluding ortho intramolecular Hbond substituents is 1. The highest BCUT2D eigenvalue weighted by atomic mass is 35.5. The molecule has 0 radical (unpaired) electrons. The Morgan fingerprint density at radius 2 is 1.52 bits per heavy atom. The van der Waals surface area contributed by atoms with Crippen LogP contribution in [-0.2, 0) is 9.59 Å². The third-order valence-electron chi connectivity index (χ3n) is 3.57. The lowest BCUT2D eigenvalue weighted by atomic mass is 10.2. The zero-order valence-electron chi connectivity index (χ0n) is 14.6. The molecule has 0 fully saturated rings. The lowest BCUT2D eigenvalue weighted by Crippen LogP contribution is -2.21. The van der Waals surface area contributed by atoms with E-state index < -0.39 is 11.9 Å². The van der Waals surface area contributed by atoms with Gasteiger partial charge in [-0.2, -0.15) is 0 Å². The van der Waals surface area contributed by atoms with Crippen LogP contribution in [0.1, 0.15) is 0 Å². The van der Waals surface area contributed by atoms with Crippen molar-refractivity contribution in [1.82, 2.24) is 0 Å². The van der Waals surface area contributed by atoms with Crippen molar-refractivity contribution in [3.63, 3.8) is 0 Å². The number of ether oxygens (including phenoxy) is 2. The average molecular weight is 434 g/mol. The summed E-state index contributed by atoms with van der Waals surface area (Å²) in [5.74, 6) is -1.93. The van der Waals surface area contributed by atoms with Crippen LogP contribution in [0.2, 0.25) is 10.0 Å². The quantitative estimate of drug-likeness (QED) is 0.471. The first-order valence-corrected chi connectivity index (χ1v) is 8.86. The molecular weight excluding hydrogens is 421 g/mol. The molecule has 148 valence electrons. The number of aliphatic carboxylic acids is 1. The Bertz CT molecular complexity index is 1050. The fourth-order valence-corrected chi connectivity index (χ4v) is 2.85. The molecule has 0 saturated carbocycles. The van der Waals surface area contributed by atoms with E-state index in [9.17, 15) is 14.7 Å². The van der Waals surface area contributed by atoms with Crippen LogP contribution in [0.15, 0.2) is 60.7 Å². The molecule has 0 aliphatic carbocycles. The van der Waals surface area contributed by atoms with Crippen molar-refractivity contribution in [3.8, 4) is 28.7 Å². The fraction of sp³-hybridized carbons (Fsp3) is 0. The summed E-state index contributed by atoms with van der Waals surface area (Å²) in [6.45, 7) is 0. The molecule has 0 aromatic heterocycles. The molecule has 0 spiro atoms. The number of carboxylic acid groups (broad SMARTS) is 1. The van der Waals surface area contributed by atoms with Gasteiger partial charge in [0.2, 0.25) is 0 Å². The van der Waals surface area contributed by atoms with Crippen molar-refractivity contribution in [2.45, 2.75) is 0 Å². The summed E-state index contributed by atoms with van der Waals surface area (Å²) in [5.41, 5.74) is 0.0959. The third-order valence-corrected chi connectivity index (χ3v) is 4.13. The van der Waals surface area contributed by atoms with Crippen LogP contribution < -0.4 is 14.8 Å². The van der Waals surface area contributed by atoms with Crippen molar-refractivity contribution in [1.29, 1.82) is 0 Å². The summed E-state index contributed by atoms with van der Waals surface area (Å²) in [4.78, 5) is 21.9. The minimum Gasteiger partial charge on any atom is -0.504 e. The highest BCUT2D eigenvalue weighted by Gasteiger charge is 2.16. The number of carbonyl (C=O) groups excluding carboxylic acids is 1. The van der Waals surface area contributed by atoms with E-state index in [0.717, 1.165) is 0 Å². The number of hydrogen-bond donors (Lipinski definition) is 3. The summed E-state index contributed by atoms with van der Waals surface area (Å²) in [6, 6.07) is 15.8. The second-order valence-corrected chi connectivity index (χ2v) is 6.49. The molecule has 0 aliphatic heterocycles. The van der Waals surface area contributed by atoms with Crippen molar-refractivity contribution in [3.05, 3.63) is 70.7 Å². The molecule has 0 saturated heterocycles. The van der Waals surface area contributed by atoms with Crippen LogP contribution in [-0.4, -0.2) is 22.1 Å². The van der Waals surface area contributed by atoms with E-state index in [1.807, 2.05) is 6.07 Å². The van der Waals surface area contributed by atoms with E-state index in [2.05, 4.69) is 5.32 Å². The molecular formula is C20H13Cl2NO6. The lowest BCUT2D eigenvalue weighted by Gasteiger charge is -2.13. The predicted octanol–water partition coefficient (Wildman–Crippen LogP) is 5.31. The standard InChI is InChI=1S/C20H13Cl2NO6/c21-14-8-11(23-19(25)20(26)27)9-15(22)18(14)29-13-6-7-16(24)17(10-13)28-12-4-2-1-3-5-12/h1-10,24H,(H,23,25)(H,26,27). The Balaban J connectivity index is 1.83. The first-order valence-electron chi connectivity index (χ1n) is 8.10. The maximum Gasteiger partial charge on any atom is 0.394 e. The summed E-state index contributed by atoms with van der Waals surface area (Å²) < 4.78 is 11.3. The number of hydrogen-bond acceptors (Lipinski definition) is 5. The Hall–Kier alpha value is -3.42. The number of rotatable bonds is 5. The monoisotopic (exact) mass is 433 g/mol. The van der Waals surface area contributed by atoms with Gasteiger partial charge in [0.1, 0.15) is 11.5 Å². The number of carboxylic acids is 1. The molecule has 3 aromatic rings. The smallest absolute Gasteiger partial charge is 0.394 e. The normalized spacial score (nSPS) is 10.3. The second kappa shape index (κ2) is 8.72. The summed E-state index contributed by atoms with van der Waals surface area (Å²) in [7, 11) is 0. The van der Waals surface area contributed by atoms with E-state index >= 15 is 0 Å². The minimum absolute atomic E-state index is 0.0387. The lowest BCUT2D eigenvalue weighted by molar-refractivity contribution is -0.147. The van der Waals surface area contributed by atoms with E-state index in [-0.39, 0.29) is 38.7 Å². The predicted molar refractivity (Wildman–Crippen MR) is 107 cm³/mol.